The van der Waals surface area contributed by atoms with Crippen LogP contribution in [0, 0.1) is 5.82 Å². The molecule has 1 aromatic carbocycles. The van der Waals surface area contributed by atoms with E-state index in [0.29, 0.717) is 11.3 Å². The molecule has 0 spiro atoms. The lowest BCUT2D eigenvalue weighted by molar-refractivity contribution is 0.0946. The van der Waals surface area contributed by atoms with Crippen LogP contribution in [-0.2, 0) is 19.4 Å². The molecule has 25 heavy (non-hydrogen) atoms. The van der Waals surface area contributed by atoms with Crippen LogP contribution in [0.1, 0.15) is 40.3 Å². The van der Waals surface area contributed by atoms with Gasteiger partial charge in [0, 0.05) is 17.5 Å². The van der Waals surface area contributed by atoms with Gasteiger partial charge in [-0.3, -0.25) is 4.79 Å². The number of aromatic nitrogens is 2. The predicted octanol–water partition coefficient (Wildman–Crippen LogP) is 3.28. The highest BCUT2D eigenvalue weighted by Gasteiger charge is 2.22. The monoisotopic (exact) mass is 341 g/mol. The third-order valence-corrected chi connectivity index (χ3v) is 4.34. The molecule has 1 aliphatic carbocycles. The molecule has 2 heterocycles. The highest BCUT2D eigenvalue weighted by atomic mass is 19.1. The Morgan fingerprint density at radius 3 is 2.84 bits per heavy atom. The van der Waals surface area contributed by atoms with Gasteiger partial charge in [0.25, 0.3) is 5.91 Å². The Morgan fingerprint density at radius 1 is 1.20 bits per heavy atom. The van der Waals surface area contributed by atoms with Gasteiger partial charge in [-0.05, 0) is 43.5 Å². The van der Waals surface area contributed by atoms with Crippen LogP contribution in [0.2, 0.25) is 0 Å². The molecule has 0 saturated heterocycles. The van der Waals surface area contributed by atoms with Crippen molar-refractivity contribution in [2.75, 3.05) is 0 Å². The molecule has 1 aliphatic rings. The lowest BCUT2D eigenvalue weighted by Gasteiger charge is -2.09. The van der Waals surface area contributed by atoms with Gasteiger partial charge in [-0.2, -0.15) is 0 Å². The van der Waals surface area contributed by atoms with Gasteiger partial charge < -0.3 is 14.3 Å². The Bertz CT molecular complexity index is 899. The maximum atomic E-state index is 13.1. The number of nitrogens with one attached hydrogen (secondary N) is 1. The van der Waals surface area contributed by atoms with E-state index in [1.807, 2.05) is 0 Å². The molecule has 3 aromatic rings. The molecular weight excluding hydrogens is 325 g/mol. The van der Waals surface area contributed by atoms with E-state index < -0.39 is 0 Å². The van der Waals surface area contributed by atoms with Crippen LogP contribution < -0.4 is 5.32 Å². The second kappa shape index (κ2) is 6.51. The lowest BCUT2D eigenvalue weighted by Crippen LogP contribution is -2.24. The molecular formula is C18H16FN3O3. The number of aryl methyl sites for hydroxylation is 1. The van der Waals surface area contributed by atoms with Crippen molar-refractivity contribution >= 4 is 5.91 Å². The van der Waals surface area contributed by atoms with Crippen LogP contribution in [-0.4, -0.2) is 16.0 Å². The predicted molar refractivity (Wildman–Crippen MR) is 86.2 cm³/mol. The van der Waals surface area contributed by atoms with E-state index >= 15 is 0 Å². The maximum Gasteiger partial charge on any atom is 0.274 e. The van der Waals surface area contributed by atoms with Crippen LogP contribution in [0.3, 0.4) is 0 Å². The number of carbonyl (C=O) groups excluding carboxylic acids is 1. The zero-order chi connectivity index (χ0) is 17.2. The van der Waals surface area contributed by atoms with E-state index in [1.54, 1.807) is 12.1 Å². The van der Waals surface area contributed by atoms with Gasteiger partial charge in [-0.25, -0.2) is 9.37 Å². The molecule has 4 rings (SSSR count). The summed E-state index contributed by atoms with van der Waals surface area (Å²) >= 11 is 0. The third kappa shape index (κ3) is 3.05. The first-order chi connectivity index (χ1) is 12.2. The van der Waals surface area contributed by atoms with Gasteiger partial charge in [-0.15, -0.1) is 0 Å². The minimum absolute atomic E-state index is 0.156. The summed E-state index contributed by atoms with van der Waals surface area (Å²) in [6.07, 6.45) is 5.23. The Hall–Kier alpha value is -2.96. The van der Waals surface area contributed by atoms with Gasteiger partial charge in [0.15, 0.2) is 17.8 Å². The number of halogens is 1. The van der Waals surface area contributed by atoms with Gasteiger partial charge in [-0.1, -0.05) is 5.16 Å². The van der Waals surface area contributed by atoms with Crippen molar-refractivity contribution in [2.45, 2.75) is 32.2 Å². The van der Waals surface area contributed by atoms with Crippen molar-refractivity contribution in [1.29, 1.82) is 0 Å². The molecule has 1 N–H and O–H groups in total. The van der Waals surface area contributed by atoms with Crippen LogP contribution in [0.25, 0.3) is 11.3 Å². The number of carbonyl (C=O) groups is 1. The zero-order valence-corrected chi connectivity index (χ0v) is 13.4. The highest BCUT2D eigenvalue weighted by molar-refractivity contribution is 5.97. The Labute approximate surface area is 143 Å². The Kier molecular flexibility index (Phi) is 4.05. The van der Waals surface area contributed by atoms with Crippen LogP contribution in [0.4, 0.5) is 4.39 Å². The fraction of sp³-hybridized carbons (Fsp3) is 0.278. The second-order valence-corrected chi connectivity index (χ2v) is 5.96. The normalized spacial score (nSPS) is 13.5. The van der Waals surface area contributed by atoms with Crippen LogP contribution >= 0.6 is 0 Å². The summed E-state index contributed by atoms with van der Waals surface area (Å²) < 4.78 is 23.7. The average Bonchev–Trinajstić information content (AvgIpc) is 3.28. The molecule has 7 heteroatoms. The number of hydrogen-bond donors (Lipinski definition) is 1. The van der Waals surface area contributed by atoms with E-state index in [0.717, 1.165) is 42.7 Å². The van der Waals surface area contributed by atoms with Crippen molar-refractivity contribution in [2.24, 2.45) is 0 Å². The van der Waals surface area contributed by atoms with Gasteiger partial charge in [0.2, 0.25) is 0 Å². The maximum absolute atomic E-state index is 13.1. The first-order valence-corrected chi connectivity index (χ1v) is 8.16. The number of oxazole rings is 1. The molecule has 0 aliphatic heterocycles. The van der Waals surface area contributed by atoms with E-state index in [1.165, 1.54) is 18.5 Å². The molecule has 128 valence electrons. The molecule has 0 saturated carbocycles. The standard InChI is InChI=1S/C18H16FN3O3/c19-12-7-5-11(6-8-12)17-16(21-10-24-17)18(23)20-9-14-13-3-1-2-4-15(13)25-22-14/h5-8,10H,1-4,9H2,(H,20,23). The quantitative estimate of drug-likeness (QED) is 0.787. The average molecular weight is 341 g/mol. The SMILES string of the molecule is O=C(NCc1noc2c1CCCC2)c1ncoc1-c1ccc(F)cc1. The molecule has 0 radical (unpaired) electrons. The fourth-order valence-electron chi connectivity index (χ4n) is 3.05. The summed E-state index contributed by atoms with van der Waals surface area (Å²) in [6.45, 7) is 0.271. The summed E-state index contributed by atoms with van der Waals surface area (Å²) in [7, 11) is 0. The number of rotatable bonds is 4. The number of hydrogen-bond acceptors (Lipinski definition) is 5. The van der Waals surface area contributed by atoms with Crippen molar-refractivity contribution in [3.05, 3.63) is 59.2 Å². The van der Waals surface area contributed by atoms with Gasteiger partial charge in [0.1, 0.15) is 17.3 Å². The number of amides is 1. The largest absolute Gasteiger partial charge is 0.443 e. The van der Waals surface area contributed by atoms with Crippen molar-refractivity contribution < 1.29 is 18.1 Å². The molecule has 2 aromatic heterocycles. The zero-order valence-electron chi connectivity index (χ0n) is 13.4. The molecule has 6 nitrogen and oxygen atoms in total. The summed E-state index contributed by atoms with van der Waals surface area (Å²) in [6, 6.07) is 5.70. The van der Waals surface area contributed by atoms with Crippen molar-refractivity contribution in [1.82, 2.24) is 15.5 Å². The Morgan fingerprint density at radius 2 is 2.00 bits per heavy atom. The first kappa shape index (κ1) is 15.6. The minimum atomic E-state index is -0.374. The Balaban J connectivity index is 1.50. The number of fused-ring (bicyclic) bond motifs is 1. The fourth-order valence-corrected chi connectivity index (χ4v) is 3.05. The van der Waals surface area contributed by atoms with Crippen LogP contribution in [0.15, 0.2) is 39.6 Å². The smallest absolute Gasteiger partial charge is 0.274 e. The molecule has 1 amide bonds. The van der Waals surface area contributed by atoms with E-state index in [2.05, 4.69) is 15.5 Å². The van der Waals surface area contributed by atoms with Crippen molar-refractivity contribution in [3.8, 4) is 11.3 Å². The molecule has 0 unspecified atom stereocenters. The van der Waals surface area contributed by atoms with Gasteiger partial charge in [0.05, 0.1) is 6.54 Å². The molecule has 0 fully saturated rings. The summed E-state index contributed by atoms with van der Waals surface area (Å²) in [5.41, 5.74) is 2.60. The first-order valence-electron chi connectivity index (χ1n) is 8.16. The van der Waals surface area contributed by atoms with Crippen molar-refractivity contribution in [3.63, 3.8) is 0 Å². The number of nitrogens with zero attached hydrogens (tertiary/aromatic N) is 2. The van der Waals surface area contributed by atoms with E-state index in [4.69, 9.17) is 8.94 Å². The second-order valence-electron chi connectivity index (χ2n) is 5.96. The number of benzene rings is 1. The highest BCUT2D eigenvalue weighted by Crippen LogP contribution is 2.25. The minimum Gasteiger partial charge on any atom is -0.443 e. The summed E-state index contributed by atoms with van der Waals surface area (Å²) in [5, 5.41) is 6.87. The topological polar surface area (TPSA) is 81.2 Å². The van der Waals surface area contributed by atoms with Crippen LogP contribution in [0.5, 0.6) is 0 Å². The lowest BCUT2D eigenvalue weighted by atomic mass is 9.96. The summed E-state index contributed by atoms with van der Waals surface area (Å²) in [4.78, 5) is 16.5. The summed E-state index contributed by atoms with van der Waals surface area (Å²) in [5.74, 6) is 0.495. The third-order valence-electron chi connectivity index (χ3n) is 4.34. The van der Waals surface area contributed by atoms with E-state index in [9.17, 15) is 9.18 Å². The molecule has 0 atom stereocenters. The van der Waals surface area contributed by atoms with Gasteiger partial charge >= 0.3 is 0 Å². The molecule has 0 bridgehead atoms. The van der Waals surface area contributed by atoms with E-state index in [-0.39, 0.29) is 24.0 Å².